The molecule has 130 valence electrons. The lowest BCUT2D eigenvalue weighted by atomic mass is 9.94. The summed E-state index contributed by atoms with van der Waals surface area (Å²) in [6.45, 7) is 6.48. The number of benzene rings is 1. The zero-order valence-corrected chi connectivity index (χ0v) is 16.7. The number of aryl methyl sites for hydroxylation is 2. The van der Waals surface area contributed by atoms with Gasteiger partial charge in [0.1, 0.15) is 0 Å². The number of aromatic nitrogens is 2. The van der Waals surface area contributed by atoms with Crippen molar-refractivity contribution >= 4 is 29.9 Å². The Morgan fingerprint density at radius 2 is 2.17 bits per heavy atom. The monoisotopic (exact) mass is 441 g/mol. The molecule has 1 aromatic heterocycles. The summed E-state index contributed by atoms with van der Waals surface area (Å²) < 4.78 is 5.13. The molecule has 0 saturated carbocycles. The molecule has 0 radical (unpaired) electrons. The van der Waals surface area contributed by atoms with E-state index in [9.17, 15) is 0 Å². The van der Waals surface area contributed by atoms with E-state index in [2.05, 4.69) is 56.5 Å². The zero-order valence-electron chi connectivity index (χ0n) is 14.3. The van der Waals surface area contributed by atoms with Crippen LogP contribution in [0.4, 0.5) is 0 Å². The smallest absolute Gasteiger partial charge is 0.246 e. The number of nitrogens with zero attached hydrogens (tertiary/aromatic N) is 4. The molecular weight excluding hydrogens is 417 g/mol. The van der Waals surface area contributed by atoms with Crippen LogP contribution in [0.3, 0.4) is 0 Å². The lowest BCUT2D eigenvalue weighted by Gasteiger charge is -2.21. The highest BCUT2D eigenvalue weighted by molar-refractivity contribution is 14.0. The summed E-state index contributed by atoms with van der Waals surface area (Å²) in [5.41, 5.74) is 2.81. The van der Waals surface area contributed by atoms with Crippen LogP contribution >= 0.6 is 24.0 Å². The minimum absolute atomic E-state index is 0. The molecule has 3 rings (SSSR count). The van der Waals surface area contributed by atoms with E-state index in [0.29, 0.717) is 24.2 Å². The summed E-state index contributed by atoms with van der Waals surface area (Å²) in [6, 6.07) is 8.64. The van der Waals surface area contributed by atoms with Crippen LogP contribution in [0, 0.1) is 13.8 Å². The molecule has 1 aromatic carbocycles. The maximum Gasteiger partial charge on any atom is 0.246 e. The first kappa shape index (κ1) is 18.7. The summed E-state index contributed by atoms with van der Waals surface area (Å²) in [5.74, 6) is 2.67. The lowest BCUT2D eigenvalue weighted by Crippen LogP contribution is -2.39. The Labute approximate surface area is 159 Å². The van der Waals surface area contributed by atoms with Gasteiger partial charge >= 0.3 is 0 Å². The lowest BCUT2D eigenvalue weighted by molar-refractivity contribution is 0.368. The van der Waals surface area contributed by atoms with Crippen molar-refractivity contribution < 1.29 is 4.52 Å². The molecule has 1 unspecified atom stereocenters. The first-order valence-corrected chi connectivity index (χ1v) is 7.97. The van der Waals surface area contributed by atoms with Crippen LogP contribution in [0.25, 0.3) is 0 Å². The highest BCUT2D eigenvalue weighted by Gasteiger charge is 2.26. The molecule has 0 spiro atoms. The van der Waals surface area contributed by atoms with E-state index in [1.54, 1.807) is 0 Å². The van der Waals surface area contributed by atoms with E-state index < -0.39 is 0 Å². The van der Waals surface area contributed by atoms with Crippen LogP contribution in [0.2, 0.25) is 0 Å². The molecular formula is C17H24IN5O. The van der Waals surface area contributed by atoms with Crippen molar-refractivity contribution in [2.75, 3.05) is 20.1 Å². The number of guanidine groups is 1. The molecule has 1 atom stereocenters. The topological polar surface area (TPSA) is 66.5 Å². The van der Waals surface area contributed by atoms with Crippen LogP contribution in [0.5, 0.6) is 0 Å². The summed E-state index contributed by atoms with van der Waals surface area (Å²) in [6.07, 6.45) is 1.14. The third kappa shape index (κ3) is 4.25. The maximum absolute atomic E-state index is 5.13. The largest absolute Gasteiger partial charge is 0.347 e. The predicted octanol–water partition coefficient (Wildman–Crippen LogP) is 2.87. The standard InChI is InChI=1S/C17H23N5O.HI/c1-12-6-4-5-7-15(12)14-8-9-22(11-14)17(18-3)19-10-16-20-13(2)21-23-16;/h4-7,14H,8-11H2,1-3H3,(H,18,19);1H. The first-order chi connectivity index (χ1) is 11.2. The molecule has 1 aliphatic rings. The van der Waals surface area contributed by atoms with Crippen molar-refractivity contribution in [3.8, 4) is 0 Å². The number of halogens is 1. The Balaban J connectivity index is 0.00000208. The minimum atomic E-state index is 0. The normalized spacial score (nSPS) is 17.7. The molecule has 1 fully saturated rings. The Bertz CT molecular complexity index is 700. The predicted molar refractivity (Wildman–Crippen MR) is 105 cm³/mol. The van der Waals surface area contributed by atoms with E-state index >= 15 is 0 Å². The summed E-state index contributed by atoms with van der Waals surface area (Å²) in [7, 11) is 1.81. The number of hydrogen-bond donors (Lipinski definition) is 1. The van der Waals surface area contributed by atoms with Crippen molar-refractivity contribution in [2.45, 2.75) is 32.7 Å². The van der Waals surface area contributed by atoms with Crippen molar-refractivity contribution in [1.82, 2.24) is 20.4 Å². The molecule has 0 amide bonds. The van der Waals surface area contributed by atoms with Gasteiger partial charge in [0, 0.05) is 26.1 Å². The summed E-state index contributed by atoms with van der Waals surface area (Å²) in [5, 5.41) is 7.11. The average Bonchev–Trinajstić information content (AvgIpc) is 3.18. The highest BCUT2D eigenvalue weighted by Crippen LogP contribution is 2.29. The maximum atomic E-state index is 5.13. The molecule has 0 aliphatic carbocycles. The van der Waals surface area contributed by atoms with Gasteiger partial charge in [0.25, 0.3) is 0 Å². The Hall–Kier alpha value is -1.64. The van der Waals surface area contributed by atoms with Crippen molar-refractivity contribution in [3.05, 3.63) is 47.1 Å². The second-order valence-electron chi connectivity index (χ2n) is 5.92. The molecule has 7 heteroatoms. The third-order valence-electron chi connectivity index (χ3n) is 4.30. The van der Waals surface area contributed by atoms with Crippen LogP contribution in [0.15, 0.2) is 33.8 Å². The quantitative estimate of drug-likeness (QED) is 0.451. The Morgan fingerprint density at radius 1 is 1.38 bits per heavy atom. The summed E-state index contributed by atoms with van der Waals surface area (Å²) in [4.78, 5) is 10.9. The SMILES string of the molecule is CN=C(NCc1nc(C)no1)N1CCC(c2ccccc2C)C1.I. The number of hydrogen-bond acceptors (Lipinski definition) is 4. The third-order valence-corrected chi connectivity index (χ3v) is 4.30. The fourth-order valence-electron chi connectivity index (χ4n) is 3.15. The molecule has 6 nitrogen and oxygen atoms in total. The fourth-order valence-corrected chi connectivity index (χ4v) is 3.15. The number of rotatable bonds is 3. The second kappa shape index (κ2) is 8.46. The number of nitrogens with one attached hydrogen (secondary N) is 1. The van der Waals surface area contributed by atoms with Gasteiger partial charge in [-0.25, -0.2) is 0 Å². The van der Waals surface area contributed by atoms with E-state index in [-0.39, 0.29) is 24.0 Å². The van der Waals surface area contributed by atoms with Gasteiger partial charge in [0.15, 0.2) is 11.8 Å². The van der Waals surface area contributed by atoms with E-state index in [4.69, 9.17) is 4.52 Å². The number of likely N-dealkylation sites (tertiary alicyclic amines) is 1. The van der Waals surface area contributed by atoms with E-state index in [0.717, 1.165) is 25.5 Å². The van der Waals surface area contributed by atoms with Crippen molar-refractivity contribution in [1.29, 1.82) is 0 Å². The van der Waals surface area contributed by atoms with Crippen molar-refractivity contribution in [2.24, 2.45) is 4.99 Å². The molecule has 2 aromatic rings. The van der Waals surface area contributed by atoms with Gasteiger partial charge in [-0.3, -0.25) is 4.99 Å². The van der Waals surface area contributed by atoms with Gasteiger partial charge in [-0.1, -0.05) is 29.4 Å². The second-order valence-corrected chi connectivity index (χ2v) is 5.92. The van der Waals surface area contributed by atoms with Crippen molar-refractivity contribution in [3.63, 3.8) is 0 Å². The van der Waals surface area contributed by atoms with Crippen LogP contribution in [0.1, 0.15) is 35.2 Å². The van der Waals surface area contributed by atoms with Gasteiger partial charge in [-0.15, -0.1) is 24.0 Å². The fraction of sp³-hybridized carbons (Fsp3) is 0.471. The molecule has 24 heavy (non-hydrogen) atoms. The first-order valence-electron chi connectivity index (χ1n) is 7.97. The van der Waals surface area contributed by atoms with Gasteiger partial charge in [0.2, 0.25) is 5.89 Å². The molecule has 1 aliphatic heterocycles. The average molecular weight is 441 g/mol. The molecule has 1 saturated heterocycles. The zero-order chi connectivity index (χ0) is 16.2. The number of aliphatic imine (C=N–C) groups is 1. The molecule has 2 heterocycles. The van der Waals surface area contributed by atoms with Gasteiger partial charge in [0.05, 0.1) is 6.54 Å². The van der Waals surface area contributed by atoms with Gasteiger partial charge in [-0.2, -0.15) is 4.98 Å². The van der Waals surface area contributed by atoms with E-state index in [1.807, 2.05) is 14.0 Å². The molecule has 1 N–H and O–H groups in total. The minimum Gasteiger partial charge on any atom is -0.347 e. The Kier molecular flexibility index (Phi) is 6.59. The highest BCUT2D eigenvalue weighted by atomic mass is 127. The van der Waals surface area contributed by atoms with E-state index in [1.165, 1.54) is 11.1 Å². The molecule has 0 bridgehead atoms. The van der Waals surface area contributed by atoms with Crippen LogP contribution in [-0.2, 0) is 6.54 Å². The summed E-state index contributed by atoms with van der Waals surface area (Å²) >= 11 is 0. The Morgan fingerprint density at radius 3 is 2.83 bits per heavy atom. The van der Waals surface area contributed by atoms with Crippen LogP contribution < -0.4 is 5.32 Å². The van der Waals surface area contributed by atoms with Crippen LogP contribution in [-0.4, -0.2) is 41.1 Å². The van der Waals surface area contributed by atoms with Gasteiger partial charge < -0.3 is 14.7 Å². The van der Waals surface area contributed by atoms with Gasteiger partial charge in [-0.05, 0) is 31.4 Å².